The van der Waals surface area contributed by atoms with Gasteiger partial charge in [0.2, 0.25) is 0 Å². The van der Waals surface area contributed by atoms with E-state index in [0.717, 1.165) is 22.8 Å². The zero-order valence-electron chi connectivity index (χ0n) is 20.1. The third-order valence-corrected chi connectivity index (χ3v) is 6.30. The Kier molecular flexibility index (Phi) is 6.71. The van der Waals surface area contributed by atoms with E-state index in [1.54, 1.807) is 38.2 Å². The fraction of sp³-hybridized carbons (Fsp3) is 0.192. The summed E-state index contributed by atoms with van der Waals surface area (Å²) in [5, 5.41) is 12.4. The predicted octanol–water partition coefficient (Wildman–Crippen LogP) is 2.31. The van der Waals surface area contributed by atoms with Gasteiger partial charge in [-0.2, -0.15) is 0 Å². The topological polar surface area (TPSA) is 123 Å². The van der Waals surface area contributed by atoms with Crippen molar-refractivity contribution >= 4 is 22.8 Å². The van der Waals surface area contributed by atoms with Crippen molar-refractivity contribution in [1.82, 2.24) is 19.4 Å². The Morgan fingerprint density at radius 2 is 1.70 bits per heavy atom. The van der Waals surface area contributed by atoms with E-state index in [-0.39, 0.29) is 12.0 Å². The van der Waals surface area contributed by atoms with Gasteiger partial charge in [-0.15, -0.1) is 0 Å². The molecule has 0 bridgehead atoms. The monoisotopic (exact) mass is 508 g/mol. The first-order valence-corrected chi connectivity index (χ1v) is 11.1. The number of nitrogens with one attached hydrogen (secondary N) is 1. The van der Waals surface area contributed by atoms with Crippen LogP contribution in [0.3, 0.4) is 0 Å². The number of carboxylic acids is 1. The summed E-state index contributed by atoms with van der Waals surface area (Å²) in [5.74, 6) is -4.86. The molecule has 2 heterocycles. The summed E-state index contributed by atoms with van der Waals surface area (Å²) >= 11 is 0. The summed E-state index contributed by atoms with van der Waals surface area (Å²) in [4.78, 5) is 54.2. The molecule has 0 fully saturated rings. The summed E-state index contributed by atoms with van der Waals surface area (Å²) in [6.07, 6.45) is 1.24. The normalized spacial score (nSPS) is 11.9. The fourth-order valence-electron chi connectivity index (χ4n) is 4.23. The molecule has 11 heteroatoms. The molecule has 4 aromatic rings. The van der Waals surface area contributed by atoms with Crippen molar-refractivity contribution in [2.45, 2.75) is 19.4 Å². The highest BCUT2D eigenvalue weighted by Crippen LogP contribution is 2.30. The molecule has 0 aliphatic rings. The summed E-state index contributed by atoms with van der Waals surface area (Å²) in [7, 11) is 2.93. The minimum atomic E-state index is -1.53. The zero-order chi connectivity index (χ0) is 27.0. The Bertz CT molecular complexity index is 1670. The molecule has 0 spiro atoms. The van der Waals surface area contributed by atoms with E-state index in [9.17, 15) is 33.1 Å². The highest BCUT2D eigenvalue weighted by molar-refractivity contribution is 5.98. The van der Waals surface area contributed by atoms with Crippen molar-refractivity contribution in [2.75, 3.05) is 0 Å². The number of carboxylic acid groups (broad SMARTS) is 1. The Morgan fingerprint density at radius 1 is 1.03 bits per heavy atom. The minimum absolute atomic E-state index is 0.255. The van der Waals surface area contributed by atoms with Crippen LogP contribution in [0, 0.1) is 18.6 Å². The Morgan fingerprint density at radius 3 is 2.35 bits per heavy atom. The van der Waals surface area contributed by atoms with Gasteiger partial charge in [-0.25, -0.2) is 18.4 Å². The number of nitrogens with zero attached hydrogens (tertiary/aromatic N) is 3. The van der Waals surface area contributed by atoms with Crippen LogP contribution in [-0.4, -0.2) is 37.1 Å². The van der Waals surface area contributed by atoms with Gasteiger partial charge in [0.25, 0.3) is 11.5 Å². The second kappa shape index (κ2) is 9.76. The first-order valence-electron chi connectivity index (χ1n) is 11.1. The third-order valence-electron chi connectivity index (χ3n) is 6.30. The number of benzene rings is 2. The molecule has 9 nitrogen and oxygen atoms in total. The number of aliphatic carboxylic acids is 1. The second-order valence-electron chi connectivity index (χ2n) is 8.50. The lowest BCUT2D eigenvalue weighted by Crippen LogP contribution is -2.43. The SMILES string of the molecule is Cc1c(-c2ccc(C[C@H](NC(=O)c3c(F)cccc3F)C(=O)O)c3ncccc23)c(=O)n(C)c(=O)n1C. The average Bonchev–Trinajstić information content (AvgIpc) is 2.86. The maximum Gasteiger partial charge on any atom is 0.330 e. The quantitative estimate of drug-likeness (QED) is 0.412. The smallest absolute Gasteiger partial charge is 0.330 e. The number of hydrogen-bond acceptors (Lipinski definition) is 5. The number of carbonyl (C=O) groups is 2. The summed E-state index contributed by atoms with van der Waals surface area (Å²) < 4.78 is 30.4. The van der Waals surface area contributed by atoms with Crippen LogP contribution in [0.4, 0.5) is 8.78 Å². The number of fused-ring (bicyclic) bond motifs is 1. The number of rotatable bonds is 6. The van der Waals surface area contributed by atoms with E-state index in [4.69, 9.17) is 0 Å². The molecule has 0 radical (unpaired) electrons. The first kappa shape index (κ1) is 25.4. The van der Waals surface area contributed by atoms with Crippen LogP contribution in [0.15, 0.2) is 58.3 Å². The second-order valence-corrected chi connectivity index (χ2v) is 8.50. The Labute approximate surface area is 208 Å². The lowest BCUT2D eigenvalue weighted by molar-refractivity contribution is -0.139. The van der Waals surface area contributed by atoms with Gasteiger partial charge in [-0.05, 0) is 36.2 Å². The molecule has 1 amide bonds. The van der Waals surface area contributed by atoms with Crippen LogP contribution in [0.2, 0.25) is 0 Å². The fourth-order valence-corrected chi connectivity index (χ4v) is 4.23. The first-order chi connectivity index (χ1) is 17.5. The van der Waals surface area contributed by atoms with Crippen molar-refractivity contribution in [1.29, 1.82) is 0 Å². The van der Waals surface area contributed by atoms with E-state index in [1.807, 2.05) is 0 Å². The molecule has 1 atom stereocenters. The predicted molar refractivity (Wildman–Crippen MR) is 131 cm³/mol. The van der Waals surface area contributed by atoms with Gasteiger partial charge < -0.3 is 15.0 Å². The van der Waals surface area contributed by atoms with Gasteiger partial charge in [0.1, 0.15) is 23.2 Å². The van der Waals surface area contributed by atoms with Gasteiger partial charge in [0.05, 0.1) is 11.1 Å². The maximum absolute atomic E-state index is 14.0. The number of carbonyl (C=O) groups excluding carboxylic acids is 1. The molecular formula is C26H22F2N4O5. The Balaban J connectivity index is 1.79. The van der Waals surface area contributed by atoms with Crippen LogP contribution in [0.5, 0.6) is 0 Å². The molecule has 0 aliphatic heterocycles. The molecule has 4 rings (SSSR count). The van der Waals surface area contributed by atoms with Crippen LogP contribution >= 0.6 is 0 Å². The molecular weight excluding hydrogens is 486 g/mol. The summed E-state index contributed by atoms with van der Waals surface area (Å²) in [5.41, 5.74) is 0.143. The van der Waals surface area contributed by atoms with Crippen LogP contribution in [0.25, 0.3) is 22.0 Å². The van der Waals surface area contributed by atoms with Crippen molar-refractivity contribution in [2.24, 2.45) is 14.1 Å². The highest BCUT2D eigenvalue weighted by Gasteiger charge is 2.26. The molecule has 0 aliphatic carbocycles. The molecule has 0 saturated carbocycles. The Hall–Kier alpha value is -4.67. The van der Waals surface area contributed by atoms with Crippen molar-refractivity contribution in [3.63, 3.8) is 0 Å². The lowest BCUT2D eigenvalue weighted by atomic mass is 9.95. The number of hydrogen-bond donors (Lipinski definition) is 2. The van der Waals surface area contributed by atoms with Gasteiger partial charge in [-0.1, -0.05) is 24.3 Å². The minimum Gasteiger partial charge on any atom is -0.480 e. The van der Waals surface area contributed by atoms with E-state index < -0.39 is 46.4 Å². The molecule has 37 heavy (non-hydrogen) atoms. The van der Waals surface area contributed by atoms with Gasteiger partial charge in [0.15, 0.2) is 0 Å². The van der Waals surface area contributed by atoms with E-state index in [0.29, 0.717) is 27.7 Å². The number of halogens is 2. The third kappa shape index (κ3) is 4.51. The number of amides is 1. The van der Waals surface area contributed by atoms with Gasteiger partial charge in [-0.3, -0.25) is 19.1 Å². The van der Waals surface area contributed by atoms with Crippen molar-refractivity contribution in [3.8, 4) is 11.1 Å². The molecule has 0 saturated heterocycles. The number of pyridine rings is 1. The van der Waals surface area contributed by atoms with Crippen molar-refractivity contribution in [3.05, 3.63) is 98.0 Å². The molecule has 2 aromatic carbocycles. The van der Waals surface area contributed by atoms with Gasteiger partial charge >= 0.3 is 11.7 Å². The molecule has 2 aromatic heterocycles. The van der Waals surface area contributed by atoms with Crippen LogP contribution in [0.1, 0.15) is 21.6 Å². The van der Waals surface area contributed by atoms with Crippen LogP contribution < -0.4 is 16.6 Å². The summed E-state index contributed by atoms with van der Waals surface area (Å²) in [6, 6.07) is 7.89. The molecule has 2 N–H and O–H groups in total. The maximum atomic E-state index is 14.0. The average molecular weight is 508 g/mol. The highest BCUT2D eigenvalue weighted by atomic mass is 19.1. The van der Waals surface area contributed by atoms with Gasteiger partial charge in [0, 0.05) is 37.8 Å². The zero-order valence-corrected chi connectivity index (χ0v) is 20.1. The van der Waals surface area contributed by atoms with Crippen molar-refractivity contribution < 1.29 is 23.5 Å². The van der Waals surface area contributed by atoms with E-state index >= 15 is 0 Å². The van der Waals surface area contributed by atoms with Crippen LogP contribution in [-0.2, 0) is 25.3 Å². The largest absolute Gasteiger partial charge is 0.480 e. The number of aromatic nitrogens is 3. The summed E-state index contributed by atoms with van der Waals surface area (Å²) in [6.45, 7) is 1.64. The molecule has 0 unspecified atom stereocenters. The van der Waals surface area contributed by atoms with E-state index in [2.05, 4.69) is 10.3 Å². The standard InChI is InChI=1S/C26H22F2N4O5/c1-13-20(24(34)32(3)26(37)31(13)2)15-10-9-14(22-16(15)6-5-11-29-22)12-19(25(35)36)30-23(33)21-17(27)7-4-8-18(21)28/h4-11,19H,12H2,1-3H3,(H,30,33)(H,35,36)/t19-/m0/s1. The lowest BCUT2D eigenvalue weighted by Gasteiger charge is -2.18. The molecule has 190 valence electrons. The van der Waals surface area contributed by atoms with E-state index in [1.165, 1.54) is 17.8 Å².